The fourth-order valence-corrected chi connectivity index (χ4v) is 2.68. The Hall–Kier alpha value is 0.200. The van der Waals surface area contributed by atoms with Gasteiger partial charge < -0.3 is 5.32 Å². The van der Waals surface area contributed by atoms with Crippen LogP contribution in [0.2, 0.25) is 5.02 Å². The van der Waals surface area contributed by atoms with Crippen LogP contribution in [0, 0.1) is 9.49 Å². The Morgan fingerprint density at radius 3 is 2.67 bits per heavy atom. The minimum Gasteiger partial charge on any atom is -0.313 e. The van der Waals surface area contributed by atoms with Crippen molar-refractivity contribution in [3.63, 3.8) is 0 Å². The number of benzene rings is 1. The van der Waals surface area contributed by atoms with Gasteiger partial charge in [0.05, 0.1) is 5.02 Å². The van der Waals surface area contributed by atoms with Gasteiger partial charge in [0.15, 0.2) is 0 Å². The van der Waals surface area contributed by atoms with Crippen molar-refractivity contribution in [1.29, 1.82) is 0 Å². The molecule has 3 heteroatoms. The van der Waals surface area contributed by atoms with Crippen molar-refractivity contribution < 1.29 is 0 Å². The Balaban J connectivity index is 2.21. The van der Waals surface area contributed by atoms with Crippen molar-refractivity contribution in [3.8, 4) is 0 Å². The summed E-state index contributed by atoms with van der Waals surface area (Å²) in [6, 6.07) is 6.87. The summed E-state index contributed by atoms with van der Waals surface area (Å²) in [5.41, 5.74) is 1.33. The zero-order valence-electron chi connectivity index (χ0n) is 8.76. The minimum absolute atomic E-state index is 0.480. The van der Waals surface area contributed by atoms with Gasteiger partial charge in [-0.05, 0) is 66.1 Å². The van der Waals surface area contributed by atoms with Crippen LogP contribution in [0.1, 0.15) is 30.9 Å². The molecule has 1 aromatic carbocycles. The smallest absolute Gasteiger partial charge is 0.0542 e. The van der Waals surface area contributed by atoms with Crippen LogP contribution in [0.5, 0.6) is 0 Å². The van der Waals surface area contributed by atoms with Crippen molar-refractivity contribution in [2.45, 2.75) is 25.3 Å². The van der Waals surface area contributed by atoms with Crippen LogP contribution >= 0.6 is 34.2 Å². The first-order valence-electron chi connectivity index (χ1n) is 5.34. The first-order chi connectivity index (χ1) is 7.22. The van der Waals surface area contributed by atoms with Crippen molar-refractivity contribution >= 4 is 34.2 Å². The molecule has 15 heavy (non-hydrogen) atoms. The lowest BCUT2D eigenvalue weighted by molar-refractivity contribution is 0.239. The van der Waals surface area contributed by atoms with Crippen LogP contribution in [-0.2, 0) is 0 Å². The average Bonchev–Trinajstić information content (AvgIpc) is 2.16. The summed E-state index contributed by atoms with van der Waals surface area (Å²) in [6.45, 7) is 0. The van der Waals surface area contributed by atoms with E-state index in [2.05, 4.69) is 46.1 Å². The summed E-state index contributed by atoms with van der Waals surface area (Å²) in [7, 11) is 2.04. The molecule has 82 valence electrons. The summed E-state index contributed by atoms with van der Waals surface area (Å²) in [6.07, 6.45) is 4.06. The Morgan fingerprint density at radius 2 is 2.20 bits per heavy atom. The standard InChI is InChI=1S/C12H15ClIN/c1-15-12(8-3-2-4-8)9-5-6-11(14)10(13)7-9/h5-8,12,15H,2-4H2,1H3. The van der Waals surface area contributed by atoms with E-state index in [1.807, 2.05) is 7.05 Å². The van der Waals surface area contributed by atoms with E-state index in [0.29, 0.717) is 6.04 Å². The van der Waals surface area contributed by atoms with Gasteiger partial charge in [0, 0.05) is 9.61 Å². The third-order valence-corrected chi connectivity index (χ3v) is 4.81. The first kappa shape index (κ1) is 11.7. The fourth-order valence-electron chi connectivity index (χ4n) is 2.15. The van der Waals surface area contributed by atoms with Crippen molar-refractivity contribution in [2.75, 3.05) is 7.05 Å². The second-order valence-corrected chi connectivity index (χ2v) is 5.70. The van der Waals surface area contributed by atoms with Crippen LogP contribution in [0.3, 0.4) is 0 Å². The molecule has 1 aliphatic rings. The van der Waals surface area contributed by atoms with Crippen LogP contribution in [-0.4, -0.2) is 7.05 Å². The van der Waals surface area contributed by atoms with Gasteiger partial charge in [-0.1, -0.05) is 24.1 Å². The molecule has 0 bridgehead atoms. The number of nitrogens with one attached hydrogen (secondary N) is 1. The van der Waals surface area contributed by atoms with Gasteiger partial charge in [-0.3, -0.25) is 0 Å². The zero-order chi connectivity index (χ0) is 10.8. The monoisotopic (exact) mass is 335 g/mol. The molecule has 0 aromatic heterocycles. The van der Waals surface area contributed by atoms with Gasteiger partial charge in [-0.15, -0.1) is 0 Å². The van der Waals surface area contributed by atoms with E-state index < -0.39 is 0 Å². The maximum Gasteiger partial charge on any atom is 0.0542 e. The quantitative estimate of drug-likeness (QED) is 0.823. The number of hydrogen-bond donors (Lipinski definition) is 1. The molecular formula is C12H15ClIN. The molecular weight excluding hydrogens is 320 g/mol. The fraction of sp³-hybridized carbons (Fsp3) is 0.500. The highest BCUT2D eigenvalue weighted by Crippen LogP contribution is 2.38. The van der Waals surface area contributed by atoms with Gasteiger partial charge in [0.25, 0.3) is 0 Å². The van der Waals surface area contributed by atoms with Crippen LogP contribution in [0.25, 0.3) is 0 Å². The molecule has 1 saturated carbocycles. The maximum absolute atomic E-state index is 6.15. The van der Waals surface area contributed by atoms with Gasteiger partial charge in [0.1, 0.15) is 0 Å². The van der Waals surface area contributed by atoms with E-state index in [-0.39, 0.29) is 0 Å². The SMILES string of the molecule is CNC(c1ccc(I)c(Cl)c1)C1CCC1. The molecule has 1 nitrogen and oxygen atoms in total. The molecule has 1 atom stereocenters. The Labute approximate surface area is 110 Å². The predicted octanol–water partition coefficient (Wildman–Crippen LogP) is 4.01. The molecule has 1 aromatic rings. The Kier molecular flexibility index (Phi) is 3.91. The highest BCUT2D eigenvalue weighted by molar-refractivity contribution is 14.1. The summed E-state index contributed by atoms with van der Waals surface area (Å²) in [5.74, 6) is 0.797. The van der Waals surface area contributed by atoms with Gasteiger partial charge in [-0.2, -0.15) is 0 Å². The summed E-state index contributed by atoms with van der Waals surface area (Å²) in [5, 5.41) is 4.27. The van der Waals surface area contributed by atoms with Gasteiger partial charge in [0.2, 0.25) is 0 Å². The summed E-state index contributed by atoms with van der Waals surface area (Å²) >= 11 is 8.41. The van der Waals surface area contributed by atoms with E-state index in [9.17, 15) is 0 Å². The predicted molar refractivity (Wildman–Crippen MR) is 73.3 cm³/mol. The maximum atomic E-state index is 6.15. The topological polar surface area (TPSA) is 12.0 Å². The van der Waals surface area contributed by atoms with Crippen molar-refractivity contribution in [1.82, 2.24) is 5.32 Å². The Bertz CT molecular complexity index is 349. The third-order valence-electron chi connectivity index (χ3n) is 3.24. The molecule has 0 radical (unpaired) electrons. The van der Waals surface area contributed by atoms with E-state index in [0.717, 1.165) is 14.5 Å². The van der Waals surface area contributed by atoms with Crippen LogP contribution in [0.4, 0.5) is 0 Å². The second-order valence-electron chi connectivity index (χ2n) is 4.13. The molecule has 0 amide bonds. The largest absolute Gasteiger partial charge is 0.313 e. The summed E-state index contributed by atoms with van der Waals surface area (Å²) in [4.78, 5) is 0. The third kappa shape index (κ3) is 2.48. The van der Waals surface area contributed by atoms with Crippen molar-refractivity contribution in [3.05, 3.63) is 32.4 Å². The zero-order valence-corrected chi connectivity index (χ0v) is 11.7. The number of rotatable bonds is 3. The highest BCUT2D eigenvalue weighted by Gasteiger charge is 2.27. The molecule has 1 fully saturated rings. The van der Waals surface area contributed by atoms with E-state index in [1.165, 1.54) is 24.8 Å². The highest BCUT2D eigenvalue weighted by atomic mass is 127. The lowest BCUT2D eigenvalue weighted by Crippen LogP contribution is -2.29. The normalized spacial score (nSPS) is 18.6. The molecule has 0 spiro atoms. The number of hydrogen-bond acceptors (Lipinski definition) is 1. The molecule has 0 aliphatic heterocycles. The van der Waals surface area contributed by atoms with E-state index >= 15 is 0 Å². The first-order valence-corrected chi connectivity index (χ1v) is 6.80. The summed E-state index contributed by atoms with van der Waals surface area (Å²) < 4.78 is 1.13. The molecule has 1 unspecified atom stereocenters. The lowest BCUT2D eigenvalue weighted by atomic mass is 9.77. The second kappa shape index (κ2) is 5.02. The van der Waals surface area contributed by atoms with E-state index in [4.69, 9.17) is 11.6 Å². The molecule has 1 N–H and O–H groups in total. The molecule has 1 aliphatic carbocycles. The average molecular weight is 336 g/mol. The Morgan fingerprint density at radius 1 is 1.47 bits per heavy atom. The minimum atomic E-state index is 0.480. The molecule has 2 rings (SSSR count). The van der Waals surface area contributed by atoms with Gasteiger partial charge >= 0.3 is 0 Å². The van der Waals surface area contributed by atoms with Gasteiger partial charge in [-0.25, -0.2) is 0 Å². The van der Waals surface area contributed by atoms with Crippen LogP contribution < -0.4 is 5.32 Å². The number of halogens is 2. The molecule has 0 heterocycles. The van der Waals surface area contributed by atoms with Crippen molar-refractivity contribution in [2.24, 2.45) is 5.92 Å². The van der Waals surface area contributed by atoms with Crippen LogP contribution in [0.15, 0.2) is 18.2 Å². The van der Waals surface area contributed by atoms with E-state index in [1.54, 1.807) is 0 Å². The molecule has 0 saturated heterocycles. The lowest BCUT2D eigenvalue weighted by Gasteiger charge is -2.34.